The molecule has 192 valence electrons. The molecule has 0 radical (unpaired) electrons. The predicted octanol–water partition coefficient (Wildman–Crippen LogP) is 5.35. The molecule has 2 aromatic heterocycles. The molecule has 8 nitrogen and oxygen atoms in total. The van der Waals surface area contributed by atoms with Gasteiger partial charge in [-0.3, -0.25) is 0 Å². The SMILES string of the molecule is Cc1cnc(-c2cc(O)c(-c3ccc(N(C)C4CC(C)(C)NC(C)(C)C4)nn3)c(OCC3CC3)c2)o1. The number of phenols is 1. The molecule has 2 aliphatic rings. The van der Waals surface area contributed by atoms with Gasteiger partial charge in [-0.25, -0.2) is 4.98 Å². The van der Waals surface area contributed by atoms with Gasteiger partial charge in [0.15, 0.2) is 5.82 Å². The van der Waals surface area contributed by atoms with Crippen LogP contribution >= 0.6 is 0 Å². The fourth-order valence-corrected chi connectivity index (χ4v) is 5.45. The second kappa shape index (κ2) is 9.07. The minimum Gasteiger partial charge on any atom is -0.507 e. The highest BCUT2D eigenvalue weighted by Crippen LogP contribution is 2.42. The van der Waals surface area contributed by atoms with Crippen LogP contribution in [0.25, 0.3) is 22.7 Å². The number of phenolic OH excluding ortho intramolecular Hbond substituents is 1. The van der Waals surface area contributed by atoms with Crippen LogP contribution in [0, 0.1) is 12.8 Å². The number of hydrogen-bond donors (Lipinski definition) is 2. The Bertz CT molecular complexity index is 1210. The van der Waals surface area contributed by atoms with E-state index in [2.05, 4.69) is 60.1 Å². The van der Waals surface area contributed by atoms with Crippen molar-refractivity contribution in [3.8, 4) is 34.2 Å². The van der Waals surface area contributed by atoms with Gasteiger partial charge >= 0.3 is 0 Å². The quantitative estimate of drug-likeness (QED) is 0.457. The maximum atomic E-state index is 11.0. The van der Waals surface area contributed by atoms with Crippen molar-refractivity contribution in [2.24, 2.45) is 5.92 Å². The normalized spacial score (nSPS) is 19.3. The van der Waals surface area contributed by atoms with E-state index in [1.165, 1.54) is 12.8 Å². The zero-order chi connectivity index (χ0) is 25.7. The van der Waals surface area contributed by atoms with Gasteiger partial charge in [-0.15, -0.1) is 10.2 Å². The van der Waals surface area contributed by atoms with Crippen LogP contribution in [0.5, 0.6) is 11.5 Å². The van der Waals surface area contributed by atoms with Gasteiger partial charge in [-0.1, -0.05) is 0 Å². The van der Waals surface area contributed by atoms with Gasteiger partial charge in [0, 0.05) is 29.7 Å². The molecule has 1 aromatic carbocycles. The first-order valence-electron chi connectivity index (χ1n) is 12.8. The van der Waals surface area contributed by atoms with Gasteiger partial charge in [-0.05, 0) is 90.5 Å². The summed E-state index contributed by atoms with van der Waals surface area (Å²) in [5, 5.41) is 23.9. The summed E-state index contributed by atoms with van der Waals surface area (Å²) < 4.78 is 11.8. The number of ether oxygens (including phenoxy) is 1. The largest absolute Gasteiger partial charge is 0.507 e. The summed E-state index contributed by atoms with van der Waals surface area (Å²) in [5.74, 6) is 3.15. The predicted molar refractivity (Wildman–Crippen MR) is 140 cm³/mol. The van der Waals surface area contributed by atoms with Gasteiger partial charge in [0.05, 0.1) is 18.4 Å². The van der Waals surface area contributed by atoms with E-state index in [1.54, 1.807) is 12.3 Å². The molecule has 5 rings (SSSR count). The van der Waals surface area contributed by atoms with Crippen molar-refractivity contribution in [2.45, 2.75) is 77.4 Å². The number of aromatic nitrogens is 3. The Kier molecular flexibility index (Phi) is 6.19. The number of hydrogen-bond acceptors (Lipinski definition) is 8. The number of benzene rings is 1. The fourth-order valence-electron chi connectivity index (χ4n) is 5.45. The smallest absolute Gasteiger partial charge is 0.226 e. The average molecular weight is 492 g/mol. The zero-order valence-electron chi connectivity index (χ0n) is 22.1. The number of rotatable bonds is 7. The molecule has 0 atom stereocenters. The monoisotopic (exact) mass is 491 g/mol. The lowest BCUT2D eigenvalue weighted by Crippen LogP contribution is -2.62. The first kappa shape index (κ1) is 24.6. The summed E-state index contributed by atoms with van der Waals surface area (Å²) in [6.07, 6.45) is 6.03. The van der Waals surface area contributed by atoms with Crippen molar-refractivity contribution in [1.29, 1.82) is 0 Å². The number of aryl methyl sites for hydroxylation is 1. The van der Waals surface area contributed by atoms with Gasteiger partial charge in [0.1, 0.15) is 23.0 Å². The van der Waals surface area contributed by atoms with Crippen LogP contribution in [0.3, 0.4) is 0 Å². The van der Waals surface area contributed by atoms with Gasteiger partial charge < -0.3 is 24.5 Å². The van der Waals surface area contributed by atoms with Crippen LogP contribution in [-0.2, 0) is 0 Å². The number of oxazole rings is 1. The van der Waals surface area contributed by atoms with Crippen molar-refractivity contribution in [3.05, 3.63) is 36.2 Å². The molecule has 0 spiro atoms. The molecule has 2 N–H and O–H groups in total. The lowest BCUT2D eigenvalue weighted by atomic mass is 9.79. The highest BCUT2D eigenvalue weighted by molar-refractivity contribution is 5.78. The van der Waals surface area contributed by atoms with E-state index >= 15 is 0 Å². The third kappa shape index (κ3) is 5.33. The third-order valence-electron chi connectivity index (χ3n) is 7.11. The lowest BCUT2D eigenvalue weighted by Gasteiger charge is -2.49. The Hall–Kier alpha value is -3.13. The van der Waals surface area contributed by atoms with Gasteiger partial charge in [0.25, 0.3) is 0 Å². The zero-order valence-corrected chi connectivity index (χ0v) is 22.1. The Morgan fingerprint density at radius 3 is 2.42 bits per heavy atom. The number of anilines is 1. The van der Waals surface area contributed by atoms with E-state index in [0.717, 1.165) is 18.7 Å². The Morgan fingerprint density at radius 1 is 1.11 bits per heavy atom. The molecule has 2 fully saturated rings. The van der Waals surface area contributed by atoms with Crippen LogP contribution in [-0.4, -0.2) is 51.1 Å². The molecule has 1 saturated carbocycles. The second-order valence-electron chi connectivity index (χ2n) is 11.7. The van der Waals surface area contributed by atoms with E-state index in [4.69, 9.17) is 9.15 Å². The molecule has 3 heterocycles. The van der Waals surface area contributed by atoms with E-state index in [0.29, 0.717) is 52.8 Å². The summed E-state index contributed by atoms with van der Waals surface area (Å²) in [6.45, 7) is 11.4. The summed E-state index contributed by atoms with van der Waals surface area (Å²) in [4.78, 5) is 6.52. The first-order valence-corrected chi connectivity index (χ1v) is 12.8. The van der Waals surface area contributed by atoms with Crippen molar-refractivity contribution in [1.82, 2.24) is 20.5 Å². The molecule has 3 aromatic rings. The fraction of sp³-hybridized carbons (Fsp3) is 0.536. The molecular weight excluding hydrogens is 454 g/mol. The lowest BCUT2D eigenvalue weighted by molar-refractivity contribution is 0.160. The van der Waals surface area contributed by atoms with Crippen LogP contribution in [0.15, 0.2) is 34.9 Å². The minimum atomic E-state index is 0.0385. The van der Waals surface area contributed by atoms with Gasteiger partial charge in [-0.2, -0.15) is 0 Å². The average Bonchev–Trinajstić information content (AvgIpc) is 3.53. The number of piperidine rings is 1. The standard InChI is InChI=1S/C28H37N5O3/c1-17-15-29-26(36-17)19-11-22(34)25(23(12-19)35-16-18-7-8-18)21-9-10-24(31-30-21)33(6)20-13-27(2,3)32-28(4,5)14-20/h9-12,15,18,20,32,34H,7-8,13-14,16H2,1-6H3. The molecule has 0 unspecified atom stereocenters. The molecule has 0 amide bonds. The molecule has 36 heavy (non-hydrogen) atoms. The molecule has 8 heteroatoms. The van der Waals surface area contributed by atoms with Crippen molar-refractivity contribution >= 4 is 5.82 Å². The minimum absolute atomic E-state index is 0.0385. The van der Waals surface area contributed by atoms with Crippen LogP contribution in [0.2, 0.25) is 0 Å². The van der Waals surface area contributed by atoms with E-state index in [-0.39, 0.29) is 16.8 Å². The summed E-state index contributed by atoms with van der Waals surface area (Å²) in [5.41, 5.74) is 1.84. The maximum Gasteiger partial charge on any atom is 0.226 e. The van der Waals surface area contributed by atoms with Crippen LogP contribution in [0.4, 0.5) is 5.82 Å². The highest BCUT2D eigenvalue weighted by atomic mass is 16.5. The van der Waals surface area contributed by atoms with E-state index < -0.39 is 0 Å². The van der Waals surface area contributed by atoms with Crippen LogP contribution in [0.1, 0.15) is 59.1 Å². The Balaban J connectivity index is 1.43. The second-order valence-corrected chi connectivity index (χ2v) is 11.7. The molecule has 1 aliphatic carbocycles. The van der Waals surface area contributed by atoms with Crippen LogP contribution < -0.4 is 15.0 Å². The first-order chi connectivity index (χ1) is 17.0. The highest BCUT2D eigenvalue weighted by Gasteiger charge is 2.39. The summed E-state index contributed by atoms with van der Waals surface area (Å²) in [7, 11) is 2.08. The molecular formula is C28H37N5O3. The number of nitrogens with one attached hydrogen (secondary N) is 1. The molecule has 1 aliphatic heterocycles. The van der Waals surface area contributed by atoms with Crippen molar-refractivity contribution in [2.75, 3.05) is 18.6 Å². The Labute approximate surface area is 213 Å². The van der Waals surface area contributed by atoms with E-state index in [1.807, 2.05) is 25.1 Å². The summed E-state index contributed by atoms with van der Waals surface area (Å²) in [6, 6.07) is 7.73. The molecule has 0 bridgehead atoms. The van der Waals surface area contributed by atoms with Crippen molar-refractivity contribution in [3.63, 3.8) is 0 Å². The Morgan fingerprint density at radius 2 is 1.83 bits per heavy atom. The van der Waals surface area contributed by atoms with E-state index in [9.17, 15) is 5.11 Å². The molecule has 1 saturated heterocycles. The van der Waals surface area contributed by atoms with Crippen molar-refractivity contribution < 1.29 is 14.3 Å². The topological polar surface area (TPSA) is 96.5 Å². The number of aromatic hydroxyl groups is 1. The third-order valence-corrected chi connectivity index (χ3v) is 7.11. The summed E-state index contributed by atoms with van der Waals surface area (Å²) >= 11 is 0. The number of nitrogens with zero attached hydrogens (tertiary/aromatic N) is 4. The van der Waals surface area contributed by atoms with Gasteiger partial charge in [0.2, 0.25) is 5.89 Å². The maximum absolute atomic E-state index is 11.0.